The zero-order chi connectivity index (χ0) is 20.6. The number of aryl methyl sites for hydroxylation is 1. The number of benzene rings is 2. The van der Waals surface area contributed by atoms with E-state index in [9.17, 15) is 14.1 Å². The standard InChI is InChI=1S/C21H22ClNO4S/c1-21(2,3)27-20(25)19-16-11-14(24)7-10-17(16)23(4)18(19)12-28(26)15-8-5-13(22)6-9-15/h5-11,24H,12H2,1-4H3. The number of phenolic OH excluding ortho intramolecular Hbond substituents is 1. The number of carbonyl (C=O) groups excluding carboxylic acids is 1. The molecule has 148 valence electrons. The van der Waals surface area contributed by atoms with Crippen LogP contribution in [0.5, 0.6) is 5.75 Å². The molecule has 0 aliphatic rings. The summed E-state index contributed by atoms with van der Waals surface area (Å²) in [5.41, 5.74) is 0.985. The predicted octanol–water partition coefficient (Wildman–Crippen LogP) is 4.80. The quantitative estimate of drug-likeness (QED) is 0.616. The fourth-order valence-electron chi connectivity index (χ4n) is 3.01. The first-order valence-corrected chi connectivity index (χ1v) is 10.4. The lowest BCUT2D eigenvalue weighted by atomic mass is 10.1. The maximum Gasteiger partial charge on any atom is 0.341 e. The Balaban J connectivity index is 2.11. The highest BCUT2D eigenvalue weighted by atomic mass is 35.5. The summed E-state index contributed by atoms with van der Waals surface area (Å²) in [6, 6.07) is 11.6. The molecule has 1 heterocycles. The Kier molecular flexibility index (Phi) is 5.55. The van der Waals surface area contributed by atoms with Crippen LogP contribution < -0.4 is 0 Å². The maximum absolute atomic E-state index is 12.9. The average Bonchev–Trinajstić information content (AvgIpc) is 2.85. The smallest absolute Gasteiger partial charge is 0.341 e. The van der Waals surface area contributed by atoms with Crippen LogP contribution in [0.25, 0.3) is 10.9 Å². The monoisotopic (exact) mass is 419 g/mol. The number of fused-ring (bicyclic) bond motifs is 1. The molecule has 1 aromatic heterocycles. The summed E-state index contributed by atoms with van der Waals surface area (Å²) in [7, 11) is 0.423. The Hall–Kier alpha value is -2.31. The van der Waals surface area contributed by atoms with Crippen LogP contribution in [0.3, 0.4) is 0 Å². The lowest BCUT2D eigenvalue weighted by molar-refractivity contribution is 0.00707. The van der Waals surface area contributed by atoms with Crippen molar-refractivity contribution >= 4 is 39.3 Å². The van der Waals surface area contributed by atoms with Gasteiger partial charge in [0.25, 0.3) is 0 Å². The van der Waals surface area contributed by atoms with E-state index < -0.39 is 22.4 Å². The second-order valence-corrected chi connectivity index (χ2v) is 9.42. The number of ether oxygens (including phenoxy) is 1. The summed E-state index contributed by atoms with van der Waals surface area (Å²) in [6.45, 7) is 5.37. The molecule has 5 nitrogen and oxygen atoms in total. The lowest BCUT2D eigenvalue weighted by Gasteiger charge is -2.20. The third-order valence-corrected chi connectivity index (χ3v) is 5.84. The molecule has 3 rings (SSSR count). The second kappa shape index (κ2) is 7.60. The van der Waals surface area contributed by atoms with Crippen molar-refractivity contribution in [1.82, 2.24) is 4.57 Å². The highest BCUT2D eigenvalue weighted by Gasteiger charge is 2.27. The molecule has 0 amide bonds. The number of carbonyl (C=O) groups is 1. The predicted molar refractivity (Wildman–Crippen MR) is 111 cm³/mol. The van der Waals surface area contributed by atoms with Crippen LogP contribution in [-0.2, 0) is 28.3 Å². The van der Waals surface area contributed by atoms with E-state index in [1.807, 2.05) is 11.6 Å². The number of rotatable bonds is 4. The molecular weight excluding hydrogens is 398 g/mol. The van der Waals surface area contributed by atoms with Crippen molar-refractivity contribution in [2.24, 2.45) is 7.05 Å². The van der Waals surface area contributed by atoms with E-state index in [0.29, 0.717) is 26.6 Å². The van der Waals surface area contributed by atoms with Crippen molar-refractivity contribution in [1.29, 1.82) is 0 Å². The van der Waals surface area contributed by atoms with E-state index in [4.69, 9.17) is 16.3 Å². The van der Waals surface area contributed by atoms with Gasteiger partial charge >= 0.3 is 5.97 Å². The minimum Gasteiger partial charge on any atom is -0.508 e. The Labute approximate surface area is 171 Å². The van der Waals surface area contributed by atoms with Crippen molar-refractivity contribution in [3.8, 4) is 5.75 Å². The molecule has 1 N–H and O–H groups in total. The van der Waals surface area contributed by atoms with Gasteiger partial charge in [-0.1, -0.05) is 11.6 Å². The van der Waals surface area contributed by atoms with E-state index in [1.54, 1.807) is 57.2 Å². The van der Waals surface area contributed by atoms with Gasteiger partial charge in [0.1, 0.15) is 11.4 Å². The lowest BCUT2D eigenvalue weighted by Crippen LogP contribution is -2.24. The SMILES string of the molecule is Cn1c(CS(=O)c2ccc(Cl)cc2)c(C(=O)OC(C)(C)C)c2cc(O)ccc21. The summed E-state index contributed by atoms with van der Waals surface area (Å²) in [5, 5.41) is 11.1. The highest BCUT2D eigenvalue weighted by molar-refractivity contribution is 7.84. The zero-order valence-corrected chi connectivity index (χ0v) is 17.7. The van der Waals surface area contributed by atoms with Gasteiger partial charge in [-0.15, -0.1) is 0 Å². The highest BCUT2D eigenvalue weighted by Crippen LogP contribution is 2.31. The van der Waals surface area contributed by atoms with E-state index in [1.165, 1.54) is 6.07 Å². The van der Waals surface area contributed by atoms with Crippen LogP contribution in [-0.4, -0.2) is 25.5 Å². The van der Waals surface area contributed by atoms with Crippen molar-refractivity contribution in [3.63, 3.8) is 0 Å². The van der Waals surface area contributed by atoms with Crippen LogP contribution in [0.1, 0.15) is 36.8 Å². The molecule has 0 aliphatic carbocycles. The first-order valence-electron chi connectivity index (χ1n) is 8.74. The third-order valence-electron chi connectivity index (χ3n) is 4.25. The number of halogens is 1. The molecule has 0 spiro atoms. The van der Waals surface area contributed by atoms with Crippen molar-refractivity contribution in [2.45, 2.75) is 37.0 Å². The van der Waals surface area contributed by atoms with Crippen molar-refractivity contribution in [2.75, 3.05) is 0 Å². The largest absolute Gasteiger partial charge is 0.508 e. The van der Waals surface area contributed by atoms with E-state index >= 15 is 0 Å². The number of aromatic nitrogens is 1. The number of esters is 1. The van der Waals surface area contributed by atoms with Gasteiger partial charge in [-0.25, -0.2) is 4.79 Å². The molecule has 28 heavy (non-hydrogen) atoms. The Morgan fingerprint density at radius 3 is 2.43 bits per heavy atom. The van der Waals surface area contributed by atoms with Crippen LogP contribution in [0.2, 0.25) is 5.02 Å². The summed E-state index contributed by atoms with van der Waals surface area (Å²) >= 11 is 5.91. The number of aromatic hydroxyl groups is 1. The first-order chi connectivity index (χ1) is 13.1. The molecule has 7 heteroatoms. The summed E-state index contributed by atoms with van der Waals surface area (Å²) in [4.78, 5) is 13.6. The van der Waals surface area contributed by atoms with Gasteiger partial charge in [0.2, 0.25) is 0 Å². The maximum atomic E-state index is 12.9. The number of hydrogen-bond acceptors (Lipinski definition) is 4. The van der Waals surface area contributed by atoms with Gasteiger partial charge < -0.3 is 14.4 Å². The van der Waals surface area contributed by atoms with Gasteiger partial charge in [0.05, 0.1) is 22.1 Å². The number of nitrogens with zero attached hydrogens (tertiary/aromatic N) is 1. The van der Waals surface area contributed by atoms with Crippen molar-refractivity contribution in [3.05, 3.63) is 58.7 Å². The summed E-state index contributed by atoms with van der Waals surface area (Å²) in [5.74, 6) is -0.331. The van der Waals surface area contributed by atoms with Crippen LogP contribution in [0.15, 0.2) is 47.4 Å². The molecule has 0 aliphatic heterocycles. The summed E-state index contributed by atoms with van der Waals surface area (Å²) < 4.78 is 20.3. The zero-order valence-electron chi connectivity index (χ0n) is 16.2. The topological polar surface area (TPSA) is 68.5 Å². The number of phenols is 1. The summed E-state index contributed by atoms with van der Waals surface area (Å²) in [6.07, 6.45) is 0. The van der Waals surface area contributed by atoms with Gasteiger partial charge in [-0.05, 0) is 63.2 Å². The van der Waals surface area contributed by atoms with Crippen LogP contribution in [0, 0.1) is 0 Å². The van der Waals surface area contributed by atoms with Crippen molar-refractivity contribution < 1.29 is 18.8 Å². The van der Waals surface area contributed by atoms with E-state index in [0.717, 1.165) is 5.52 Å². The molecular formula is C21H22ClNO4S. The third kappa shape index (κ3) is 4.23. The molecule has 0 saturated carbocycles. The van der Waals surface area contributed by atoms with Crippen LogP contribution >= 0.6 is 11.6 Å². The molecule has 3 aromatic rings. The van der Waals surface area contributed by atoms with E-state index in [2.05, 4.69) is 0 Å². The fraction of sp³-hybridized carbons (Fsp3) is 0.286. The van der Waals surface area contributed by atoms with Gasteiger partial charge in [0, 0.05) is 33.6 Å². The Morgan fingerprint density at radius 1 is 1.18 bits per heavy atom. The Morgan fingerprint density at radius 2 is 1.82 bits per heavy atom. The minimum absolute atomic E-state index is 0.0493. The molecule has 0 bridgehead atoms. The molecule has 0 saturated heterocycles. The van der Waals surface area contributed by atoms with Crippen LogP contribution in [0.4, 0.5) is 0 Å². The average molecular weight is 420 g/mol. The Bertz CT molecular complexity index is 1060. The van der Waals surface area contributed by atoms with Gasteiger partial charge in [-0.3, -0.25) is 4.21 Å². The molecule has 1 atom stereocenters. The van der Waals surface area contributed by atoms with E-state index in [-0.39, 0.29) is 11.5 Å². The first kappa shape index (κ1) is 20.4. The molecule has 1 unspecified atom stereocenters. The minimum atomic E-state index is -1.38. The van der Waals surface area contributed by atoms with Gasteiger partial charge in [-0.2, -0.15) is 0 Å². The number of hydrogen-bond donors (Lipinski definition) is 1. The molecule has 2 aromatic carbocycles. The molecule has 0 fully saturated rings. The van der Waals surface area contributed by atoms with Gasteiger partial charge in [0.15, 0.2) is 0 Å². The normalized spacial score (nSPS) is 12.9. The molecule has 0 radical (unpaired) electrons. The fourth-order valence-corrected chi connectivity index (χ4v) is 4.32. The second-order valence-electron chi connectivity index (χ2n) is 7.53.